The van der Waals surface area contributed by atoms with Crippen molar-refractivity contribution in [2.24, 2.45) is 53.3 Å². The van der Waals surface area contributed by atoms with Gasteiger partial charge in [0, 0.05) is 115 Å². The van der Waals surface area contributed by atoms with Gasteiger partial charge in [-0.05, 0) is 386 Å². The molecule has 9 unspecified atom stereocenters. The van der Waals surface area contributed by atoms with E-state index in [1.807, 2.05) is 6.20 Å². The van der Waals surface area contributed by atoms with Crippen LogP contribution in [0, 0.1) is 53.3 Å². The second-order valence-electron chi connectivity index (χ2n) is 45.0. The maximum Gasteiger partial charge on any atom is 0.0199 e. The van der Waals surface area contributed by atoms with Crippen LogP contribution in [-0.2, 0) is 0 Å². The monoisotopic (exact) mass is 1660 g/mol. The van der Waals surface area contributed by atoms with Crippen molar-refractivity contribution in [3.63, 3.8) is 0 Å². The molecular weight excluding hydrogens is 1440 g/mol. The second kappa shape index (κ2) is 65.7. The van der Waals surface area contributed by atoms with Crippen molar-refractivity contribution in [3.8, 4) is 0 Å². The van der Waals surface area contributed by atoms with Crippen molar-refractivity contribution in [2.45, 2.75) is 578 Å². The van der Waals surface area contributed by atoms with E-state index in [-0.39, 0.29) is 0 Å². The summed E-state index contributed by atoms with van der Waals surface area (Å²) in [6.45, 7) is 105. The maximum atomic E-state index is 3.18. The molecule has 0 aliphatic carbocycles. The van der Waals surface area contributed by atoms with Crippen LogP contribution < -0.4 is 5.32 Å². The van der Waals surface area contributed by atoms with Crippen LogP contribution in [0.15, 0.2) is 11.8 Å². The van der Waals surface area contributed by atoms with E-state index in [0.717, 1.165) is 162 Å². The van der Waals surface area contributed by atoms with E-state index >= 15 is 0 Å². The summed E-state index contributed by atoms with van der Waals surface area (Å²) in [5.41, 5.74) is 1.32. The van der Waals surface area contributed by atoms with Crippen LogP contribution in [-0.4, -0.2) is 218 Å². The second-order valence-corrected chi connectivity index (χ2v) is 45.0. The Hall–Kier alpha value is -0.820. The standard InChI is InChI=1S/4C12H25N.3C11H23N.2C10H21N.C7H15N/c4*1-10(2)12-8-6-5-7-9-13(12)11(3)4;3*1-9(2)11-7-5-6-8-12(11)10(3)4;2*1-8(2)10-6-5-7-11(10)9(3)4;1-6(2)5-8-7(3)4/h4*10-12H,5-9H2,1-4H3;3*9-11H,5-8H2,1-4H3;2*8-10H,5-7H2,1-4H3;5,7-8H,1-4H3. The summed E-state index contributed by atoms with van der Waals surface area (Å²) >= 11 is 0. The van der Waals surface area contributed by atoms with Gasteiger partial charge in [0.2, 0.25) is 0 Å². The molecule has 0 aromatic rings. The van der Waals surface area contributed by atoms with E-state index < -0.39 is 0 Å². The van der Waals surface area contributed by atoms with Crippen LogP contribution in [0.3, 0.4) is 0 Å². The lowest BCUT2D eigenvalue weighted by molar-refractivity contribution is 0.0807. The van der Waals surface area contributed by atoms with E-state index in [9.17, 15) is 0 Å². The van der Waals surface area contributed by atoms with Gasteiger partial charge in [0.25, 0.3) is 0 Å². The van der Waals surface area contributed by atoms with Gasteiger partial charge in [-0.1, -0.05) is 201 Å². The third kappa shape index (κ3) is 47.8. The highest BCUT2D eigenvalue weighted by Gasteiger charge is 2.34. The fourth-order valence-corrected chi connectivity index (χ4v) is 21.7. The van der Waals surface area contributed by atoms with Gasteiger partial charge in [0.15, 0.2) is 0 Å². The molecule has 10 nitrogen and oxygen atoms in total. The van der Waals surface area contributed by atoms with E-state index in [1.165, 1.54) is 251 Å². The molecule has 0 spiro atoms. The summed E-state index contributed by atoms with van der Waals surface area (Å²) in [5.74, 6) is 7.43. The number of piperidine rings is 3. The lowest BCUT2D eigenvalue weighted by Gasteiger charge is -2.40. The maximum absolute atomic E-state index is 3.18. The number of likely N-dealkylation sites (tertiary alicyclic amines) is 9. The highest BCUT2D eigenvalue weighted by atomic mass is 15.2. The summed E-state index contributed by atoms with van der Waals surface area (Å²) in [6, 6.07) is 14.7. The minimum atomic E-state index is 0.560. The van der Waals surface area contributed by atoms with E-state index in [2.05, 4.69) is 326 Å². The Balaban J connectivity index is 0.00000129. The predicted octanol–water partition coefficient (Wildman–Crippen LogP) is 28.8. The first-order valence-electron chi connectivity index (χ1n) is 52.5. The SMILES string of the molecule is CC(C)=CNC(C)C.CC(C)C1CCCCCN1C(C)C.CC(C)C1CCCCCN1C(C)C.CC(C)C1CCCCCN1C(C)C.CC(C)C1CCCCCN1C(C)C.CC(C)C1CCCCN1C(C)C.CC(C)C1CCCCN1C(C)C.CC(C)C1CCCCN1C(C)C.CC(C)C1CCCN1C(C)C.CC(C)C1CCCN1C(C)C. The van der Waals surface area contributed by atoms with Gasteiger partial charge < -0.3 is 5.32 Å². The van der Waals surface area contributed by atoms with Crippen molar-refractivity contribution >= 4 is 0 Å². The van der Waals surface area contributed by atoms with Crippen LogP contribution in [0.1, 0.15) is 463 Å². The summed E-state index contributed by atoms with van der Waals surface area (Å²) in [6.07, 6.45) is 43.2. The predicted molar refractivity (Wildman–Crippen MR) is 536 cm³/mol. The molecule has 708 valence electrons. The Morgan fingerprint density at radius 1 is 0.178 bits per heavy atom. The first-order valence-corrected chi connectivity index (χ1v) is 52.5. The zero-order valence-electron chi connectivity index (χ0n) is 88.6. The highest BCUT2D eigenvalue weighted by molar-refractivity contribution is 4.93. The summed E-state index contributed by atoms with van der Waals surface area (Å²) < 4.78 is 0. The molecule has 0 aromatic heterocycles. The minimum Gasteiger partial charge on any atom is -0.389 e. The van der Waals surface area contributed by atoms with Gasteiger partial charge in [-0.2, -0.15) is 0 Å². The fourth-order valence-electron chi connectivity index (χ4n) is 21.7. The Morgan fingerprint density at radius 3 is 0.407 bits per heavy atom. The molecule has 9 atom stereocenters. The quantitative estimate of drug-likeness (QED) is 0.127. The number of nitrogens with zero attached hydrogens (tertiary/aromatic N) is 9. The largest absolute Gasteiger partial charge is 0.389 e. The van der Waals surface area contributed by atoms with E-state index in [1.54, 1.807) is 0 Å². The molecule has 9 aliphatic rings. The minimum absolute atomic E-state index is 0.560. The Bertz CT molecular complexity index is 1930. The molecule has 0 aromatic carbocycles. The van der Waals surface area contributed by atoms with Gasteiger partial charge in [-0.25, -0.2) is 0 Å². The molecule has 0 saturated carbocycles. The first kappa shape index (κ1) is 117. The Morgan fingerprint density at radius 2 is 0.297 bits per heavy atom. The van der Waals surface area contributed by atoms with Crippen molar-refractivity contribution < 1.29 is 0 Å². The Labute approximate surface area is 746 Å². The molecule has 9 aliphatic heterocycles. The van der Waals surface area contributed by atoms with Crippen LogP contribution in [0.4, 0.5) is 0 Å². The van der Waals surface area contributed by atoms with Crippen LogP contribution >= 0.6 is 0 Å². The average Bonchev–Trinajstić information content (AvgIpc) is 1.44. The molecule has 9 saturated heterocycles. The summed E-state index contributed by atoms with van der Waals surface area (Å²) in [5, 5.41) is 3.18. The van der Waals surface area contributed by atoms with Crippen LogP contribution in [0.2, 0.25) is 0 Å². The number of allylic oxidation sites excluding steroid dienone is 1. The molecule has 9 rings (SSSR count). The van der Waals surface area contributed by atoms with Crippen LogP contribution in [0.5, 0.6) is 0 Å². The topological polar surface area (TPSA) is 41.2 Å². The Kier molecular flexibility index (Phi) is 65.2. The van der Waals surface area contributed by atoms with Crippen molar-refractivity contribution in [1.82, 2.24) is 49.4 Å². The molecule has 9 heterocycles. The lowest BCUT2D eigenvalue weighted by atomic mass is 9.92. The number of hydrogen-bond acceptors (Lipinski definition) is 10. The van der Waals surface area contributed by atoms with Crippen molar-refractivity contribution in [3.05, 3.63) is 11.8 Å². The number of hydrogen-bond donors (Lipinski definition) is 1. The zero-order valence-corrected chi connectivity index (χ0v) is 88.6. The normalized spacial score (nSPS) is 25.7. The van der Waals surface area contributed by atoms with E-state index in [4.69, 9.17) is 0 Å². The van der Waals surface area contributed by atoms with Gasteiger partial charge in [0.1, 0.15) is 0 Å². The summed E-state index contributed by atoms with van der Waals surface area (Å²) in [7, 11) is 0. The molecule has 1 N–H and O–H groups in total. The molecule has 0 bridgehead atoms. The molecule has 10 heteroatoms. The first-order chi connectivity index (χ1) is 55.3. The zero-order chi connectivity index (χ0) is 90.2. The smallest absolute Gasteiger partial charge is 0.0199 e. The molecule has 0 amide bonds. The average molecular weight is 1670 g/mol. The van der Waals surface area contributed by atoms with Crippen molar-refractivity contribution in [2.75, 3.05) is 58.9 Å². The van der Waals surface area contributed by atoms with E-state index in [0.29, 0.717) is 6.04 Å². The van der Waals surface area contributed by atoms with Crippen LogP contribution in [0.25, 0.3) is 0 Å². The molecule has 118 heavy (non-hydrogen) atoms. The van der Waals surface area contributed by atoms with Gasteiger partial charge in [0.05, 0.1) is 0 Å². The van der Waals surface area contributed by atoms with Gasteiger partial charge in [-0.3, -0.25) is 44.1 Å². The third-order valence-corrected chi connectivity index (χ3v) is 28.4. The third-order valence-electron chi connectivity index (χ3n) is 28.4. The lowest BCUT2D eigenvalue weighted by Crippen LogP contribution is -2.46. The highest BCUT2D eigenvalue weighted by Crippen LogP contribution is 2.33. The fraction of sp³-hybridized carbons (Fsp3) is 0.981. The molecular formula is C108H226N10. The number of nitrogens with one attached hydrogen (secondary N) is 1. The van der Waals surface area contributed by atoms with Crippen molar-refractivity contribution in [1.29, 1.82) is 0 Å². The molecule has 0 radical (unpaired) electrons. The summed E-state index contributed by atoms with van der Waals surface area (Å²) in [4.78, 5) is 24.1. The van der Waals surface area contributed by atoms with Gasteiger partial charge in [-0.15, -0.1) is 0 Å². The van der Waals surface area contributed by atoms with Gasteiger partial charge >= 0.3 is 0 Å². The molecule has 9 fully saturated rings. The number of rotatable bonds is 20.